The molecule has 2 amide bonds. The van der Waals surface area contributed by atoms with E-state index < -0.39 is 11.8 Å². The highest BCUT2D eigenvalue weighted by molar-refractivity contribution is 6.03. The van der Waals surface area contributed by atoms with Gasteiger partial charge in [-0.3, -0.25) is 9.59 Å². The maximum Gasteiger partial charge on any atom is 0.253 e. The van der Waals surface area contributed by atoms with Crippen molar-refractivity contribution >= 4 is 18.0 Å². The number of phenolic OH excluding ortho intramolecular Hbond substituents is 1. The molecule has 0 saturated carbocycles. The van der Waals surface area contributed by atoms with Crippen molar-refractivity contribution in [1.29, 1.82) is 0 Å². The van der Waals surface area contributed by atoms with Gasteiger partial charge in [0.25, 0.3) is 5.91 Å². The lowest BCUT2D eigenvalue weighted by atomic mass is 9.88. The van der Waals surface area contributed by atoms with E-state index in [0.717, 1.165) is 5.56 Å². The van der Waals surface area contributed by atoms with Gasteiger partial charge in [-0.1, -0.05) is 36.4 Å². The number of nitrogens with one attached hydrogen (secondary N) is 2. The summed E-state index contributed by atoms with van der Waals surface area (Å²) in [5.74, 6) is -1.69. The number of methoxy groups -OCH3 is 1. The number of amides is 2. The Morgan fingerprint density at radius 3 is 2.77 bits per heavy atom. The number of phenols is 1. The van der Waals surface area contributed by atoms with Gasteiger partial charge in [0.15, 0.2) is 11.5 Å². The van der Waals surface area contributed by atoms with Gasteiger partial charge in [-0.05, 0) is 17.7 Å². The normalized spacial score (nSPS) is 19.3. The third-order valence-electron chi connectivity index (χ3n) is 4.32. The van der Waals surface area contributed by atoms with Crippen LogP contribution in [-0.2, 0) is 9.59 Å². The van der Waals surface area contributed by atoms with E-state index >= 15 is 0 Å². The molecule has 1 aliphatic heterocycles. The first-order valence-electron chi connectivity index (χ1n) is 8.13. The summed E-state index contributed by atoms with van der Waals surface area (Å²) in [6.07, 6.45) is 1.31. The maximum atomic E-state index is 12.5. The Kier molecular flexibility index (Phi) is 5.17. The lowest BCUT2D eigenvalue weighted by Crippen LogP contribution is -2.34. The van der Waals surface area contributed by atoms with Crippen molar-refractivity contribution in [2.24, 2.45) is 11.0 Å². The molecule has 7 nitrogen and oxygen atoms in total. The van der Waals surface area contributed by atoms with Crippen molar-refractivity contribution in [2.75, 3.05) is 13.7 Å². The molecule has 2 aromatic rings. The number of benzene rings is 2. The summed E-state index contributed by atoms with van der Waals surface area (Å²) in [7, 11) is 1.44. The monoisotopic (exact) mass is 353 g/mol. The number of rotatable bonds is 5. The van der Waals surface area contributed by atoms with E-state index in [1.807, 2.05) is 30.3 Å². The molecule has 3 N–H and O–H groups in total. The molecule has 1 aliphatic rings. The van der Waals surface area contributed by atoms with Gasteiger partial charge in [-0.2, -0.15) is 5.10 Å². The van der Waals surface area contributed by atoms with Gasteiger partial charge in [0, 0.05) is 18.0 Å². The number of aromatic hydroxyl groups is 1. The van der Waals surface area contributed by atoms with Crippen LogP contribution < -0.4 is 15.5 Å². The van der Waals surface area contributed by atoms with Crippen LogP contribution in [0.2, 0.25) is 0 Å². The Morgan fingerprint density at radius 1 is 1.27 bits per heavy atom. The van der Waals surface area contributed by atoms with Gasteiger partial charge < -0.3 is 15.2 Å². The molecule has 1 saturated heterocycles. The zero-order chi connectivity index (χ0) is 18.5. The van der Waals surface area contributed by atoms with E-state index in [1.165, 1.54) is 13.3 Å². The number of hydrogen-bond acceptors (Lipinski definition) is 5. The highest BCUT2D eigenvalue weighted by Gasteiger charge is 2.40. The Morgan fingerprint density at radius 2 is 2.04 bits per heavy atom. The van der Waals surface area contributed by atoms with Crippen LogP contribution in [0.1, 0.15) is 17.0 Å². The molecule has 2 atom stereocenters. The van der Waals surface area contributed by atoms with Crippen LogP contribution in [0.25, 0.3) is 0 Å². The van der Waals surface area contributed by atoms with Crippen LogP contribution in [0.5, 0.6) is 11.5 Å². The fourth-order valence-corrected chi connectivity index (χ4v) is 2.98. The van der Waals surface area contributed by atoms with Gasteiger partial charge in [-0.25, -0.2) is 5.43 Å². The van der Waals surface area contributed by atoms with E-state index in [1.54, 1.807) is 18.2 Å². The second-order valence-corrected chi connectivity index (χ2v) is 5.87. The zero-order valence-corrected chi connectivity index (χ0v) is 14.2. The summed E-state index contributed by atoms with van der Waals surface area (Å²) in [4.78, 5) is 24.6. The van der Waals surface area contributed by atoms with Crippen LogP contribution in [0.4, 0.5) is 0 Å². The molecular formula is C19H19N3O4. The van der Waals surface area contributed by atoms with Gasteiger partial charge in [0.05, 0.1) is 13.3 Å². The predicted molar refractivity (Wildman–Crippen MR) is 96.1 cm³/mol. The van der Waals surface area contributed by atoms with Gasteiger partial charge in [0.2, 0.25) is 5.91 Å². The Balaban J connectivity index is 1.72. The number of ether oxygens (including phenoxy) is 1. The number of hydrazone groups is 1. The summed E-state index contributed by atoms with van der Waals surface area (Å²) in [6.45, 7) is 0.404. The molecule has 0 bridgehead atoms. The van der Waals surface area contributed by atoms with Crippen molar-refractivity contribution in [3.05, 3.63) is 59.7 Å². The third kappa shape index (κ3) is 3.51. The Bertz CT molecular complexity index is 836. The molecule has 134 valence electrons. The van der Waals surface area contributed by atoms with Crippen molar-refractivity contribution in [1.82, 2.24) is 10.7 Å². The lowest BCUT2D eigenvalue weighted by molar-refractivity contribution is -0.133. The fourth-order valence-electron chi connectivity index (χ4n) is 2.98. The van der Waals surface area contributed by atoms with Gasteiger partial charge >= 0.3 is 0 Å². The standard InChI is InChI=1S/C19H19N3O4/c1-26-15-9-5-8-13(17(15)23)10-21-22-19(25)16-14(11-20-18(16)24)12-6-3-2-4-7-12/h2-10,14,16,23H,11H2,1H3,(H,20,24)(H,22,25)/b21-10+/t14-,16-/m1/s1. The van der Waals surface area contributed by atoms with Crippen molar-refractivity contribution < 1.29 is 19.4 Å². The SMILES string of the molecule is COc1cccc(/C=N/NC(=O)[C@H]2C(=O)NC[C@@H]2c2ccccc2)c1O. The largest absolute Gasteiger partial charge is 0.504 e. The molecule has 3 rings (SSSR count). The van der Waals surface area contributed by atoms with E-state index in [4.69, 9.17) is 4.74 Å². The molecule has 0 radical (unpaired) electrons. The van der Waals surface area contributed by atoms with E-state index in [0.29, 0.717) is 17.9 Å². The molecule has 26 heavy (non-hydrogen) atoms. The Labute approximate surface area is 150 Å². The van der Waals surface area contributed by atoms with E-state index in [9.17, 15) is 14.7 Å². The smallest absolute Gasteiger partial charge is 0.253 e. The number of carbonyl (C=O) groups excluding carboxylic acids is 2. The quantitative estimate of drug-likeness (QED) is 0.429. The van der Waals surface area contributed by atoms with Crippen molar-refractivity contribution in [3.63, 3.8) is 0 Å². The van der Waals surface area contributed by atoms with Gasteiger partial charge in [0.1, 0.15) is 5.92 Å². The van der Waals surface area contributed by atoms with Crippen LogP contribution in [0.15, 0.2) is 53.6 Å². The first-order chi connectivity index (χ1) is 12.6. The minimum absolute atomic E-state index is 0.0752. The second kappa shape index (κ2) is 7.69. The molecule has 1 heterocycles. The lowest BCUT2D eigenvalue weighted by Gasteiger charge is -2.15. The zero-order valence-electron chi connectivity index (χ0n) is 14.2. The van der Waals surface area contributed by atoms with E-state index in [2.05, 4.69) is 15.8 Å². The summed E-state index contributed by atoms with van der Waals surface area (Å²) in [5, 5.41) is 16.6. The fraction of sp³-hybridized carbons (Fsp3) is 0.211. The summed E-state index contributed by atoms with van der Waals surface area (Å²) in [6, 6.07) is 14.3. The molecule has 0 unspecified atom stereocenters. The topological polar surface area (TPSA) is 100 Å². The van der Waals surface area contributed by atoms with Crippen LogP contribution in [0, 0.1) is 5.92 Å². The molecule has 2 aromatic carbocycles. The van der Waals surface area contributed by atoms with Crippen LogP contribution >= 0.6 is 0 Å². The number of para-hydroxylation sites is 1. The summed E-state index contributed by atoms with van der Waals surface area (Å²) >= 11 is 0. The molecular weight excluding hydrogens is 334 g/mol. The number of carbonyl (C=O) groups is 2. The third-order valence-corrected chi connectivity index (χ3v) is 4.32. The minimum atomic E-state index is -0.853. The minimum Gasteiger partial charge on any atom is -0.504 e. The molecule has 0 spiro atoms. The van der Waals surface area contributed by atoms with Crippen molar-refractivity contribution in [2.45, 2.75) is 5.92 Å². The first-order valence-corrected chi connectivity index (χ1v) is 8.13. The van der Waals surface area contributed by atoms with Gasteiger partial charge in [-0.15, -0.1) is 0 Å². The predicted octanol–water partition coefficient (Wildman–Crippen LogP) is 1.38. The van der Waals surface area contributed by atoms with E-state index in [-0.39, 0.29) is 17.6 Å². The maximum absolute atomic E-state index is 12.5. The van der Waals surface area contributed by atoms with Crippen LogP contribution in [0.3, 0.4) is 0 Å². The summed E-state index contributed by atoms with van der Waals surface area (Å²) in [5.41, 5.74) is 3.69. The Hall–Kier alpha value is -3.35. The van der Waals surface area contributed by atoms with Crippen LogP contribution in [-0.4, -0.2) is 36.8 Å². The summed E-state index contributed by atoms with van der Waals surface area (Å²) < 4.78 is 5.02. The second-order valence-electron chi connectivity index (χ2n) is 5.87. The average Bonchev–Trinajstić information content (AvgIpc) is 3.05. The number of nitrogens with zero attached hydrogens (tertiary/aromatic N) is 1. The molecule has 0 aromatic heterocycles. The highest BCUT2D eigenvalue weighted by Crippen LogP contribution is 2.29. The highest BCUT2D eigenvalue weighted by atomic mass is 16.5. The number of hydrogen-bond donors (Lipinski definition) is 3. The molecule has 1 fully saturated rings. The first kappa shape index (κ1) is 17.5. The molecule has 7 heteroatoms. The average molecular weight is 353 g/mol. The molecule has 0 aliphatic carbocycles. The van der Waals surface area contributed by atoms with Crippen molar-refractivity contribution in [3.8, 4) is 11.5 Å².